The molecule has 0 radical (unpaired) electrons. The second-order valence-electron chi connectivity index (χ2n) is 6.36. The maximum atomic E-state index is 12.4. The van der Waals surface area contributed by atoms with Crippen LogP contribution in [0.2, 0.25) is 0 Å². The molecule has 27 heavy (non-hydrogen) atoms. The Morgan fingerprint density at radius 2 is 1.74 bits per heavy atom. The van der Waals surface area contributed by atoms with Gasteiger partial charge in [0.15, 0.2) is 9.84 Å². The monoisotopic (exact) mass is 387 g/mol. The Morgan fingerprint density at radius 1 is 1.07 bits per heavy atom. The lowest BCUT2D eigenvalue weighted by atomic mass is 9.92. The van der Waals surface area contributed by atoms with E-state index in [1.54, 1.807) is 31.2 Å². The smallest absolute Gasteiger partial charge is 0.322 e. The van der Waals surface area contributed by atoms with Crippen LogP contribution in [0.5, 0.6) is 0 Å². The molecule has 9 heteroatoms. The van der Waals surface area contributed by atoms with Gasteiger partial charge in [-0.3, -0.25) is 14.9 Å². The van der Waals surface area contributed by atoms with Crippen molar-refractivity contribution in [3.8, 4) is 0 Å². The molecule has 1 heterocycles. The molecule has 1 aliphatic heterocycles. The number of anilines is 1. The number of imide groups is 1. The summed E-state index contributed by atoms with van der Waals surface area (Å²) in [4.78, 5) is 36.0. The maximum absolute atomic E-state index is 12.4. The Hall–Kier alpha value is -3.20. The van der Waals surface area contributed by atoms with Crippen LogP contribution in [-0.2, 0) is 20.2 Å². The highest BCUT2D eigenvalue weighted by atomic mass is 32.2. The molecular weight excluding hydrogens is 370 g/mol. The van der Waals surface area contributed by atoms with Gasteiger partial charge >= 0.3 is 6.03 Å². The predicted molar refractivity (Wildman–Crippen MR) is 98.0 cm³/mol. The predicted octanol–water partition coefficient (Wildman–Crippen LogP) is 1.40. The SMILES string of the molecule is C[C@]1(c2cccc(NC(=O)c3ccc(S(C)(=O)=O)cc3)c2)NC(=O)NC1=O. The van der Waals surface area contributed by atoms with Gasteiger partial charge in [0.2, 0.25) is 0 Å². The average Bonchev–Trinajstić information content (AvgIpc) is 2.87. The molecular formula is C18H17N3O5S. The molecule has 1 atom stereocenters. The van der Waals surface area contributed by atoms with Gasteiger partial charge in [0.25, 0.3) is 11.8 Å². The summed E-state index contributed by atoms with van der Waals surface area (Å²) in [6.45, 7) is 1.57. The highest BCUT2D eigenvalue weighted by Gasteiger charge is 2.43. The zero-order valence-electron chi connectivity index (χ0n) is 14.6. The number of hydrogen-bond donors (Lipinski definition) is 3. The van der Waals surface area contributed by atoms with E-state index in [2.05, 4.69) is 16.0 Å². The number of rotatable bonds is 4. The van der Waals surface area contributed by atoms with Crippen LogP contribution < -0.4 is 16.0 Å². The van der Waals surface area contributed by atoms with Crippen LogP contribution in [0, 0.1) is 0 Å². The lowest BCUT2D eigenvalue weighted by Crippen LogP contribution is -2.40. The second-order valence-corrected chi connectivity index (χ2v) is 8.38. The minimum Gasteiger partial charge on any atom is -0.322 e. The first-order valence-electron chi connectivity index (χ1n) is 7.95. The Labute approximate surface area is 155 Å². The van der Waals surface area contributed by atoms with Gasteiger partial charge < -0.3 is 10.6 Å². The van der Waals surface area contributed by atoms with Crippen molar-refractivity contribution in [3.05, 3.63) is 59.7 Å². The summed E-state index contributed by atoms with van der Waals surface area (Å²) in [7, 11) is -3.34. The van der Waals surface area contributed by atoms with Crippen molar-refractivity contribution in [2.75, 3.05) is 11.6 Å². The quantitative estimate of drug-likeness (QED) is 0.685. The molecule has 0 spiro atoms. The molecule has 2 aromatic rings. The third-order valence-corrected chi connectivity index (χ3v) is 5.42. The Morgan fingerprint density at radius 3 is 2.30 bits per heavy atom. The first-order chi connectivity index (χ1) is 12.6. The van der Waals surface area contributed by atoms with Gasteiger partial charge in [-0.1, -0.05) is 12.1 Å². The van der Waals surface area contributed by atoms with Gasteiger partial charge in [-0.05, 0) is 48.9 Å². The number of nitrogens with one attached hydrogen (secondary N) is 3. The lowest BCUT2D eigenvalue weighted by Gasteiger charge is -2.21. The summed E-state index contributed by atoms with van der Waals surface area (Å²) in [5.41, 5.74) is -0.00328. The van der Waals surface area contributed by atoms with Gasteiger partial charge in [0.05, 0.1) is 4.90 Å². The first kappa shape index (κ1) is 18.6. The van der Waals surface area contributed by atoms with Crippen LogP contribution in [-0.4, -0.2) is 32.5 Å². The third kappa shape index (κ3) is 3.68. The van der Waals surface area contributed by atoms with Gasteiger partial charge in [-0.15, -0.1) is 0 Å². The summed E-state index contributed by atoms with van der Waals surface area (Å²) in [5, 5.41) is 7.43. The van der Waals surface area contributed by atoms with Crippen LogP contribution >= 0.6 is 0 Å². The first-order valence-corrected chi connectivity index (χ1v) is 9.84. The Kier molecular flexibility index (Phi) is 4.48. The fourth-order valence-electron chi connectivity index (χ4n) is 2.71. The van der Waals surface area contributed by atoms with Gasteiger partial charge in [-0.2, -0.15) is 0 Å². The fraction of sp³-hybridized carbons (Fsp3) is 0.167. The number of carbonyl (C=O) groups excluding carboxylic acids is 3. The topological polar surface area (TPSA) is 121 Å². The zero-order chi connectivity index (χ0) is 19.8. The van der Waals surface area contributed by atoms with Crippen LogP contribution in [0.25, 0.3) is 0 Å². The molecule has 2 aromatic carbocycles. The van der Waals surface area contributed by atoms with Crippen LogP contribution in [0.15, 0.2) is 53.4 Å². The molecule has 1 saturated heterocycles. The van der Waals surface area contributed by atoms with E-state index in [0.717, 1.165) is 6.26 Å². The van der Waals surface area contributed by atoms with E-state index in [1.165, 1.54) is 24.3 Å². The van der Waals surface area contributed by atoms with Crippen molar-refractivity contribution < 1.29 is 22.8 Å². The molecule has 1 fully saturated rings. The van der Waals surface area contributed by atoms with E-state index in [-0.39, 0.29) is 10.5 Å². The highest BCUT2D eigenvalue weighted by molar-refractivity contribution is 7.90. The molecule has 4 amide bonds. The number of benzene rings is 2. The number of hydrogen-bond acceptors (Lipinski definition) is 5. The molecule has 3 N–H and O–H groups in total. The Bertz CT molecular complexity index is 1050. The highest BCUT2D eigenvalue weighted by Crippen LogP contribution is 2.26. The number of carbonyl (C=O) groups is 3. The number of urea groups is 1. The van der Waals surface area contributed by atoms with E-state index >= 15 is 0 Å². The second kappa shape index (κ2) is 6.51. The fourth-order valence-corrected chi connectivity index (χ4v) is 3.34. The Balaban J connectivity index is 1.81. The van der Waals surface area contributed by atoms with Crippen molar-refractivity contribution in [3.63, 3.8) is 0 Å². The number of sulfone groups is 1. The molecule has 140 valence electrons. The van der Waals surface area contributed by atoms with Crippen molar-refractivity contribution in [1.29, 1.82) is 0 Å². The minimum atomic E-state index is -3.34. The van der Waals surface area contributed by atoms with Crippen LogP contribution in [0.3, 0.4) is 0 Å². The van der Waals surface area contributed by atoms with Gasteiger partial charge in [0.1, 0.15) is 5.54 Å². The summed E-state index contributed by atoms with van der Waals surface area (Å²) in [6.07, 6.45) is 1.09. The summed E-state index contributed by atoms with van der Waals surface area (Å²) >= 11 is 0. The lowest BCUT2D eigenvalue weighted by molar-refractivity contribution is -0.123. The third-order valence-electron chi connectivity index (χ3n) is 4.29. The molecule has 8 nitrogen and oxygen atoms in total. The average molecular weight is 387 g/mol. The van der Waals surface area contributed by atoms with E-state index < -0.39 is 33.2 Å². The normalized spacial score (nSPS) is 19.3. The molecule has 0 aliphatic carbocycles. The van der Waals surface area contributed by atoms with Crippen molar-refractivity contribution in [2.24, 2.45) is 0 Å². The van der Waals surface area contributed by atoms with Gasteiger partial charge in [0, 0.05) is 17.5 Å². The van der Waals surface area contributed by atoms with E-state index in [4.69, 9.17) is 0 Å². The summed E-state index contributed by atoms with van der Waals surface area (Å²) in [6, 6.07) is 11.5. The maximum Gasteiger partial charge on any atom is 0.322 e. The van der Waals surface area contributed by atoms with Crippen molar-refractivity contribution >= 4 is 33.4 Å². The number of amides is 4. The van der Waals surface area contributed by atoms with E-state index in [9.17, 15) is 22.8 Å². The van der Waals surface area contributed by atoms with Crippen molar-refractivity contribution in [1.82, 2.24) is 10.6 Å². The van der Waals surface area contributed by atoms with Gasteiger partial charge in [-0.25, -0.2) is 13.2 Å². The van der Waals surface area contributed by atoms with Crippen molar-refractivity contribution in [2.45, 2.75) is 17.4 Å². The van der Waals surface area contributed by atoms with E-state index in [0.29, 0.717) is 11.3 Å². The minimum absolute atomic E-state index is 0.122. The molecule has 0 saturated carbocycles. The molecule has 0 unspecified atom stereocenters. The molecule has 0 bridgehead atoms. The van der Waals surface area contributed by atoms with Crippen LogP contribution in [0.4, 0.5) is 10.5 Å². The van der Waals surface area contributed by atoms with Crippen LogP contribution in [0.1, 0.15) is 22.8 Å². The largest absolute Gasteiger partial charge is 0.322 e. The zero-order valence-corrected chi connectivity index (χ0v) is 15.4. The molecule has 1 aliphatic rings. The summed E-state index contributed by atoms with van der Waals surface area (Å²) in [5.74, 6) is -0.912. The molecule has 3 rings (SSSR count). The van der Waals surface area contributed by atoms with E-state index in [1.807, 2.05) is 0 Å². The molecule has 0 aromatic heterocycles. The summed E-state index contributed by atoms with van der Waals surface area (Å²) < 4.78 is 23.0. The standard InChI is InChI=1S/C18H17N3O5S/c1-18(16(23)20-17(24)21-18)12-4-3-5-13(10-12)19-15(22)11-6-8-14(9-7-11)27(2,25)26/h3-10H,1-2H3,(H,19,22)(H2,20,21,23,24)/t18-/m1/s1.